The van der Waals surface area contributed by atoms with Gasteiger partial charge in [-0.25, -0.2) is 0 Å². The monoisotopic (exact) mass is 264 g/mol. The van der Waals surface area contributed by atoms with Gasteiger partial charge in [-0.1, -0.05) is 0 Å². The maximum atomic E-state index is 11.1. The molecular formula is C14H20N2O3. The standard InChI is InChI=1S/C14H20N2O3/c1-10(17)15-13-6-5-11(8-14(13)18-2)16-12-4-3-7-19-9-12/h5-6,8,12,16H,3-4,7,9H2,1-2H3,(H,15,17). The van der Waals surface area contributed by atoms with Crippen molar-refractivity contribution >= 4 is 17.3 Å². The fourth-order valence-corrected chi connectivity index (χ4v) is 2.16. The van der Waals surface area contributed by atoms with E-state index < -0.39 is 0 Å². The molecule has 0 spiro atoms. The highest BCUT2D eigenvalue weighted by molar-refractivity contribution is 5.90. The van der Waals surface area contributed by atoms with Gasteiger partial charge in [-0.2, -0.15) is 0 Å². The zero-order valence-corrected chi connectivity index (χ0v) is 11.4. The van der Waals surface area contributed by atoms with Crippen LogP contribution in [0.25, 0.3) is 0 Å². The van der Waals surface area contributed by atoms with Gasteiger partial charge in [0.1, 0.15) is 5.75 Å². The molecule has 0 saturated carbocycles. The summed E-state index contributed by atoms with van der Waals surface area (Å²) in [6, 6.07) is 6.00. The summed E-state index contributed by atoms with van der Waals surface area (Å²) in [6.45, 7) is 3.06. The van der Waals surface area contributed by atoms with Gasteiger partial charge in [0.25, 0.3) is 0 Å². The highest BCUT2D eigenvalue weighted by Gasteiger charge is 2.14. The van der Waals surface area contributed by atoms with Crippen molar-refractivity contribution in [1.29, 1.82) is 0 Å². The SMILES string of the molecule is COc1cc(NC2CCCOC2)ccc1NC(C)=O. The number of carbonyl (C=O) groups is 1. The van der Waals surface area contributed by atoms with Crippen LogP contribution >= 0.6 is 0 Å². The van der Waals surface area contributed by atoms with Crippen LogP contribution in [0, 0.1) is 0 Å². The van der Waals surface area contributed by atoms with E-state index >= 15 is 0 Å². The van der Waals surface area contributed by atoms with E-state index in [1.54, 1.807) is 7.11 Å². The molecule has 5 heteroatoms. The molecule has 2 N–H and O–H groups in total. The Labute approximate surface area is 113 Å². The second kappa shape index (κ2) is 6.43. The van der Waals surface area contributed by atoms with Crippen LogP contribution in [-0.2, 0) is 9.53 Å². The number of hydrogen-bond donors (Lipinski definition) is 2. The van der Waals surface area contributed by atoms with Gasteiger partial charge in [0.2, 0.25) is 5.91 Å². The Bertz CT molecular complexity index is 442. The summed E-state index contributed by atoms with van der Waals surface area (Å²) >= 11 is 0. The molecule has 1 aromatic rings. The topological polar surface area (TPSA) is 59.6 Å². The number of hydrogen-bond acceptors (Lipinski definition) is 4. The fourth-order valence-electron chi connectivity index (χ4n) is 2.16. The minimum atomic E-state index is -0.111. The first-order valence-corrected chi connectivity index (χ1v) is 6.49. The lowest BCUT2D eigenvalue weighted by atomic mass is 10.1. The predicted octanol–water partition coefficient (Wildman–Crippen LogP) is 2.24. The highest BCUT2D eigenvalue weighted by Crippen LogP contribution is 2.28. The van der Waals surface area contributed by atoms with Gasteiger partial charge in [0, 0.05) is 31.3 Å². The zero-order valence-electron chi connectivity index (χ0n) is 11.4. The molecule has 1 aliphatic rings. The van der Waals surface area contributed by atoms with E-state index in [0.29, 0.717) is 17.5 Å². The van der Waals surface area contributed by atoms with Crippen molar-refractivity contribution in [3.8, 4) is 5.75 Å². The number of amides is 1. The lowest BCUT2D eigenvalue weighted by molar-refractivity contribution is -0.114. The van der Waals surface area contributed by atoms with Gasteiger partial charge in [0.15, 0.2) is 0 Å². The maximum Gasteiger partial charge on any atom is 0.221 e. The smallest absolute Gasteiger partial charge is 0.221 e. The van der Waals surface area contributed by atoms with Crippen molar-refractivity contribution in [3.05, 3.63) is 18.2 Å². The molecule has 0 bridgehead atoms. The molecule has 1 amide bonds. The van der Waals surface area contributed by atoms with Crippen LogP contribution in [0.15, 0.2) is 18.2 Å². The third kappa shape index (κ3) is 3.86. The van der Waals surface area contributed by atoms with E-state index in [1.807, 2.05) is 18.2 Å². The summed E-state index contributed by atoms with van der Waals surface area (Å²) in [5.74, 6) is 0.539. The quantitative estimate of drug-likeness (QED) is 0.875. The summed E-state index contributed by atoms with van der Waals surface area (Å²) in [5, 5.41) is 6.16. The molecule has 1 aromatic carbocycles. The number of nitrogens with one attached hydrogen (secondary N) is 2. The summed E-state index contributed by atoms with van der Waals surface area (Å²) in [4.78, 5) is 11.1. The average Bonchev–Trinajstić information content (AvgIpc) is 2.41. The molecule has 1 saturated heterocycles. The van der Waals surface area contributed by atoms with Crippen LogP contribution in [0.3, 0.4) is 0 Å². The van der Waals surface area contributed by atoms with E-state index in [0.717, 1.165) is 31.7 Å². The zero-order chi connectivity index (χ0) is 13.7. The Balaban J connectivity index is 2.07. The van der Waals surface area contributed by atoms with E-state index in [4.69, 9.17) is 9.47 Å². The molecule has 1 atom stereocenters. The first kappa shape index (κ1) is 13.7. The number of benzene rings is 1. The Morgan fingerprint density at radius 2 is 2.32 bits per heavy atom. The molecule has 1 aliphatic heterocycles. The van der Waals surface area contributed by atoms with Gasteiger partial charge in [-0.05, 0) is 25.0 Å². The summed E-state index contributed by atoms with van der Waals surface area (Å²) in [5.41, 5.74) is 1.65. The maximum absolute atomic E-state index is 11.1. The molecular weight excluding hydrogens is 244 g/mol. The normalized spacial score (nSPS) is 18.7. The summed E-state index contributed by atoms with van der Waals surface area (Å²) < 4.78 is 10.7. The third-order valence-electron chi connectivity index (χ3n) is 3.04. The number of ether oxygens (including phenoxy) is 2. The molecule has 0 aliphatic carbocycles. The Kier molecular flexibility index (Phi) is 4.63. The molecule has 1 unspecified atom stereocenters. The number of anilines is 2. The van der Waals surface area contributed by atoms with Gasteiger partial charge >= 0.3 is 0 Å². The van der Waals surface area contributed by atoms with Crippen molar-refractivity contribution in [3.63, 3.8) is 0 Å². The highest BCUT2D eigenvalue weighted by atomic mass is 16.5. The average molecular weight is 264 g/mol. The summed E-state index contributed by atoms with van der Waals surface area (Å²) in [7, 11) is 1.59. The Hall–Kier alpha value is -1.75. The molecule has 104 valence electrons. The van der Waals surface area contributed by atoms with Crippen LogP contribution in [0.5, 0.6) is 5.75 Å². The van der Waals surface area contributed by atoms with Gasteiger partial charge in [0.05, 0.1) is 19.4 Å². The van der Waals surface area contributed by atoms with Crippen molar-refractivity contribution in [2.45, 2.75) is 25.8 Å². The molecule has 0 aromatic heterocycles. The minimum Gasteiger partial charge on any atom is -0.494 e. The first-order chi connectivity index (χ1) is 9.19. The number of methoxy groups -OCH3 is 1. The lowest BCUT2D eigenvalue weighted by Gasteiger charge is -2.24. The molecule has 1 fully saturated rings. The van der Waals surface area contributed by atoms with Gasteiger partial charge in [-0.3, -0.25) is 4.79 Å². The van der Waals surface area contributed by atoms with Crippen molar-refractivity contribution in [1.82, 2.24) is 0 Å². The lowest BCUT2D eigenvalue weighted by Crippen LogP contribution is -2.29. The minimum absolute atomic E-state index is 0.111. The van der Waals surface area contributed by atoms with Gasteiger partial charge in [-0.15, -0.1) is 0 Å². The van der Waals surface area contributed by atoms with E-state index in [-0.39, 0.29) is 5.91 Å². The van der Waals surface area contributed by atoms with E-state index in [2.05, 4.69) is 10.6 Å². The first-order valence-electron chi connectivity index (χ1n) is 6.49. The largest absolute Gasteiger partial charge is 0.494 e. The molecule has 19 heavy (non-hydrogen) atoms. The van der Waals surface area contributed by atoms with Crippen LogP contribution in [0.4, 0.5) is 11.4 Å². The van der Waals surface area contributed by atoms with Gasteiger partial charge < -0.3 is 20.1 Å². The summed E-state index contributed by atoms with van der Waals surface area (Å²) in [6.07, 6.45) is 2.19. The predicted molar refractivity (Wildman–Crippen MR) is 74.8 cm³/mol. The Morgan fingerprint density at radius 3 is 2.95 bits per heavy atom. The second-order valence-corrected chi connectivity index (χ2v) is 4.65. The van der Waals surface area contributed by atoms with Crippen LogP contribution in [0.1, 0.15) is 19.8 Å². The van der Waals surface area contributed by atoms with Crippen LogP contribution in [0.2, 0.25) is 0 Å². The fraction of sp³-hybridized carbons (Fsp3) is 0.500. The van der Waals surface area contributed by atoms with Crippen molar-refractivity contribution in [2.24, 2.45) is 0 Å². The Morgan fingerprint density at radius 1 is 1.47 bits per heavy atom. The van der Waals surface area contributed by atoms with Crippen molar-refractivity contribution < 1.29 is 14.3 Å². The molecule has 1 heterocycles. The van der Waals surface area contributed by atoms with Crippen LogP contribution in [-0.4, -0.2) is 32.3 Å². The van der Waals surface area contributed by atoms with E-state index in [9.17, 15) is 4.79 Å². The number of rotatable bonds is 4. The van der Waals surface area contributed by atoms with E-state index in [1.165, 1.54) is 6.92 Å². The second-order valence-electron chi connectivity index (χ2n) is 4.65. The third-order valence-corrected chi connectivity index (χ3v) is 3.04. The van der Waals surface area contributed by atoms with Crippen LogP contribution < -0.4 is 15.4 Å². The van der Waals surface area contributed by atoms with Crippen molar-refractivity contribution in [2.75, 3.05) is 31.0 Å². The molecule has 2 rings (SSSR count). The molecule has 5 nitrogen and oxygen atoms in total. The molecule has 0 radical (unpaired) electrons. The number of carbonyl (C=O) groups excluding carboxylic acids is 1.